The summed E-state index contributed by atoms with van der Waals surface area (Å²) >= 11 is 4.83. The molecular weight excluding hydrogens is 482 g/mol. The standard InChI is InChI=1S/C26H30BrN3OS/c1-15(2)30-22-11-16(3)18(12-21(22)17(4)14-26(30,5)6)13-23-24(31)29-25(32-23)28-20-9-7-19(27)8-10-20/h7-13,15,17H,14H2,1-6H3,(H,28,29,31)/b23-13-/t17-/m0/s1. The monoisotopic (exact) mass is 511 g/mol. The van der Waals surface area contributed by atoms with Crippen molar-refractivity contribution in [2.45, 2.75) is 65.5 Å². The summed E-state index contributed by atoms with van der Waals surface area (Å²) < 4.78 is 1.00. The molecule has 2 aliphatic heterocycles. The molecule has 1 fully saturated rings. The number of amidine groups is 1. The molecule has 1 atom stereocenters. The highest BCUT2D eigenvalue weighted by atomic mass is 79.9. The van der Waals surface area contributed by atoms with Gasteiger partial charge in [-0.1, -0.05) is 22.9 Å². The van der Waals surface area contributed by atoms with E-state index in [2.05, 4.69) is 84.8 Å². The van der Waals surface area contributed by atoms with Crippen molar-refractivity contribution in [2.24, 2.45) is 4.99 Å². The first-order valence-electron chi connectivity index (χ1n) is 11.0. The molecule has 6 heteroatoms. The average Bonchev–Trinajstić information content (AvgIpc) is 3.02. The molecule has 1 N–H and O–H groups in total. The third-order valence-electron chi connectivity index (χ3n) is 6.17. The first kappa shape index (κ1) is 23.1. The Morgan fingerprint density at radius 1 is 1.25 bits per heavy atom. The molecule has 32 heavy (non-hydrogen) atoms. The SMILES string of the molecule is Cc1cc2c(cc1/C=C1\SC(=Nc3ccc(Br)cc3)NC1=O)[C@@H](C)CC(C)(C)N2C(C)C. The zero-order valence-electron chi connectivity index (χ0n) is 19.5. The van der Waals surface area contributed by atoms with Crippen LogP contribution in [0.15, 0.2) is 50.8 Å². The largest absolute Gasteiger partial charge is 0.364 e. The molecule has 168 valence electrons. The maximum absolute atomic E-state index is 12.6. The minimum Gasteiger partial charge on any atom is -0.364 e. The van der Waals surface area contributed by atoms with Crippen LogP contribution in [0, 0.1) is 6.92 Å². The summed E-state index contributed by atoms with van der Waals surface area (Å²) in [4.78, 5) is 20.4. The van der Waals surface area contributed by atoms with Crippen molar-refractivity contribution < 1.29 is 4.79 Å². The van der Waals surface area contributed by atoms with Gasteiger partial charge in [0.05, 0.1) is 10.6 Å². The van der Waals surface area contributed by atoms with Crippen LogP contribution in [0.2, 0.25) is 0 Å². The van der Waals surface area contributed by atoms with Gasteiger partial charge in [0, 0.05) is 21.7 Å². The van der Waals surface area contributed by atoms with Crippen molar-refractivity contribution in [2.75, 3.05) is 4.90 Å². The Morgan fingerprint density at radius 2 is 1.94 bits per heavy atom. The summed E-state index contributed by atoms with van der Waals surface area (Å²) in [6.45, 7) is 13.6. The number of carbonyl (C=O) groups is 1. The Hall–Kier alpha value is -2.05. The number of thioether (sulfide) groups is 1. The zero-order chi connectivity index (χ0) is 23.2. The molecule has 0 saturated carbocycles. The van der Waals surface area contributed by atoms with Gasteiger partial charge in [-0.05, 0) is 118 Å². The van der Waals surface area contributed by atoms with E-state index in [-0.39, 0.29) is 11.4 Å². The Labute approximate surface area is 203 Å². The minimum atomic E-state index is -0.0963. The van der Waals surface area contributed by atoms with E-state index in [9.17, 15) is 4.79 Å². The first-order valence-corrected chi connectivity index (χ1v) is 12.6. The molecule has 2 aromatic carbocycles. The number of rotatable bonds is 3. The van der Waals surface area contributed by atoms with Gasteiger partial charge in [-0.15, -0.1) is 0 Å². The van der Waals surface area contributed by atoms with Crippen LogP contribution in [-0.2, 0) is 4.79 Å². The van der Waals surface area contributed by atoms with Crippen molar-refractivity contribution >= 4 is 56.2 Å². The summed E-state index contributed by atoms with van der Waals surface area (Å²) in [6.07, 6.45) is 3.11. The number of carbonyl (C=O) groups excluding carboxylic acids is 1. The maximum atomic E-state index is 12.6. The highest BCUT2D eigenvalue weighted by Crippen LogP contribution is 2.45. The number of anilines is 1. The van der Waals surface area contributed by atoms with Crippen LogP contribution in [0.1, 0.15) is 63.6 Å². The first-order chi connectivity index (χ1) is 15.0. The lowest BCUT2D eigenvalue weighted by Crippen LogP contribution is -2.51. The van der Waals surface area contributed by atoms with Gasteiger partial charge in [0.1, 0.15) is 0 Å². The van der Waals surface area contributed by atoms with Crippen molar-refractivity contribution in [3.63, 3.8) is 0 Å². The summed E-state index contributed by atoms with van der Waals surface area (Å²) in [7, 11) is 0. The summed E-state index contributed by atoms with van der Waals surface area (Å²) in [5.74, 6) is 0.369. The van der Waals surface area contributed by atoms with Gasteiger partial charge in [-0.2, -0.15) is 0 Å². The predicted molar refractivity (Wildman–Crippen MR) is 141 cm³/mol. The van der Waals surface area contributed by atoms with Crippen molar-refractivity contribution in [3.05, 3.63) is 62.5 Å². The molecule has 0 unspecified atom stereocenters. The van der Waals surface area contributed by atoms with E-state index >= 15 is 0 Å². The predicted octanol–water partition coefficient (Wildman–Crippen LogP) is 7.15. The Bertz CT molecular complexity index is 1120. The Balaban J connectivity index is 1.67. The number of amides is 1. The second-order valence-corrected chi connectivity index (χ2v) is 11.6. The van der Waals surface area contributed by atoms with E-state index in [4.69, 9.17) is 0 Å². The topological polar surface area (TPSA) is 44.7 Å². The van der Waals surface area contributed by atoms with Crippen LogP contribution in [0.3, 0.4) is 0 Å². The van der Waals surface area contributed by atoms with E-state index < -0.39 is 0 Å². The zero-order valence-corrected chi connectivity index (χ0v) is 21.9. The fraction of sp³-hybridized carbons (Fsp3) is 0.385. The molecule has 0 bridgehead atoms. The van der Waals surface area contributed by atoms with E-state index in [1.54, 1.807) is 0 Å². The van der Waals surface area contributed by atoms with Crippen molar-refractivity contribution in [3.8, 4) is 0 Å². The molecule has 4 nitrogen and oxygen atoms in total. The van der Waals surface area contributed by atoms with Crippen LogP contribution < -0.4 is 10.2 Å². The fourth-order valence-corrected chi connectivity index (χ4v) is 6.10. The second kappa shape index (κ2) is 8.71. The van der Waals surface area contributed by atoms with E-state index in [1.807, 2.05) is 30.3 Å². The number of fused-ring (bicyclic) bond motifs is 1. The third kappa shape index (κ3) is 4.53. The number of benzene rings is 2. The number of hydrogen-bond donors (Lipinski definition) is 1. The van der Waals surface area contributed by atoms with Crippen molar-refractivity contribution in [1.29, 1.82) is 0 Å². The Kier molecular flexibility index (Phi) is 6.29. The lowest BCUT2D eigenvalue weighted by molar-refractivity contribution is -0.115. The lowest BCUT2D eigenvalue weighted by atomic mass is 9.78. The quantitative estimate of drug-likeness (QED) is 0.444. The molecule has 2 aliphatic rings. The molecule has 0 spiro atoms. The molecule has 2 aromatic rings. The molecule has 0 aromatic heterocycles. The smallest absolute Gasteiger partial charge is 0.264 e. The number of aliphatic imine (C=N–C) groups is 1. The number of aryl methyl sites for hydroxylation is 1. The molecule has 4 rings (SSSR count). The molecule has 0 aliphatic carbocycles. The summed E-state index contributed by atoms with van der Waals surface area (Å²) in [5.41, 5.74) is 5.89. The highest BCUT2D eigenvalue weighted by molar-refractivity contribution is 9.10. The molecule has 1 saturated heterocycles. The van der Waals surface area contributed by atoms with E-state index in [1.165, 1.54) is 28.6 Å². The molecular formula is C26H30BrN3OS. The Morgan fingerprint density at radius 3 is 2.59 bits per heavy atom. The molecule has 1 amide bonds. The van der Waals surface area contributed by atoms with Gasteiger partial charge >= 0.3 is 0 Å². The van der Waals surface area contributed by atoms with Gasteiger partial charge in [0.2, 0.25) is 0 Å². The highest BCUT2D eigenvalue weighted by Gasteiger charge is 2.38. The third-order valence-corrected chi connectivity index (χ3v) is 7.61. The average molecular weight is 513 g/mol. The lowest BCUT2D eigenvalue weighted by Gasteiger charge is -2.50. The number of nitrogens with zero attached hydrogens (tertiary/aromatic N) is 2. The van der Waals surface area contributed by atoms with Crippen LogP contribution in [0.4, 0.5) is 11.4 Å². The normalized spacial score (nSPS) is 22.6. The molecule has 0 radical (unpaired) electrons. The number of hydrogen-bond acceptors (Lipinski definition) is 4. The van der Waals surface area contributed by atoms with Gasteiger partial charge in [-0.25, -0.2) is 4.99 Å². The van der Waals surface area contributed by atoms with Crippen LogP contribution >= 0.6 is 27.7 Å². The van der Waals surface area contributed by atoms with E-state index in [0.717, 1.165) is 22.1 Å². The van der Waals surface area contributed by atoms with Gasteiger partial charge in [0.25, 0.3) is 5.91 Å². The van der Waals surface area contributed by atoms with Crippen LogP contribution in [-0.4, -0.2) is 22.7 Å². The van der Waals surface area contributed by atoms with Gasteiger partial charge in [0.15, 0.2) is 5.17 Å². The van der Waals surface area contributed by atoms with Crippen molar-refractivity contribution in [1.82, 2.24) is 5.32 Å². The molecule has 2 heterocycles. The van der Waals surface area contributed by atoms with Crippen LogP contribution in [0.25, 0.3) is 6.08 Å². The second-order valence-electron chi connectivity index (χ2n) is 9.61. The minimum absolute atomic E-state index is 0.0963. The number of halogens is 1. The van der Waals surface area contributed by atoms with E-state index in [0.29, 0.717) is 22.0 Å². The van der Waals surface area contributed by atoms with Gasteiger partial charge in [-0.3, -0.25) is 4.79 Å². The summed E-state index contributed by atoms with van der Waals surface area (Å²) in [6, 6.07) is 12.7. The van der Waals surface area contributed by atoms with Gasteiger partial charge < -0.3 is 10.2 Å². The van der Waals surface area contributed by atoms with Crippen LogP contribution in [0.5, 0.6) is 0 Å². The maximum Gasteiger partial charge on any atom is 0.264 e. The summed E-state index contributed by atoms with van der Waals surface area (Å²) in [5, 5.41) is 3.51. The fourth-order valence-electron chi connectivity index (χ4n) is 5.00. The number of nitrogens with one attached hydrogen (secondary N) is 1.